The number of carbonyl (C=O) groups is 2. The SMILES string of the molecule is O=C(CN1CC2(CCC(C(=O)Nc3cc(F)cc(C(F)F)c3)CC2)C1)NC1(C(F)(F)F)CCC1. The Bertz CT molecular complexity index is 931. The van der Waals surface area contributed by atoms with Crippen molar-refractivity contribution in [3.05, 3.63) is 29.6 Å². The van der Waals surface area contributed by atoms with Crippen LogP contribution in [0.2, 0.25) is 0 Å². The summed E-state index contributed by atoms with van der Waals surface area (Å²) in [4.78, 5) is 26.6. The number of amides is 2. The number of anilines is 1. The third-order valence-electron chi connectivity index (χ3n) is 7.47. The van der Waals surface area contributed by atoms with Crippen LogP contribution in [0.25, 0.3) is 0 Å². The average Bonchev–Trinajstić information content (AvgIpc) is 2.68. The van der Waals surface area contributed by atoms with E-state index >= 15 is 0 Å². The third-order valence-corrected chi connectivity index (χ3v) is 7.47. The summed E-state index contributed by atoms with van der Waals surface area (Å²) in [5.74, 6) is -2.17. The first-order valence-corrected chi connectivity index (χ1v) is 11.4. The fourth-order valence-electron chi connectivity index (χ4n) is 5.40. The molecule has 2 saturated carbocycles. The highest BCUT2D eigenvalue weighted by atomic mass is 19.4. The van der Waals surface area contributed by atoms with Crippen LogP contribution in [-0.4, -0.2) is 48.1 Å². The van der Waals surface area contributed by atoms with Gasteiger partial charge in [-0.3, -0.25) is 14.5 Å². The van der Waals surface area contributed by atoms with Crippen LogP contribution >= 0.6 is 0 Å². The fourth-order valence-corrected chi connectivity index (χ4v) is 5.40. The second kappa shape index (κ2) is 9.05. The minimum Gasteiger partial charge on any atom is -0.341 e. The fraction of sp³-hybridized carbons (Fsp3) is 0.652. The molecular formula is C23H27F6N3O2. The number of hydrogen-bond donors (Lipinski definition) is 2. The van der Waals surface area contributed by atoms with Gasteiger partial charge in [0.2, 0.25) is 11.8 Å². The van der Waals surface area contributed by atoms with Crippen molar-refractivity contribution in [2.45, 2.75) is 63.1 Å². The van der Waals surface area contributed by atoms with Gasteiger partial charge >= 0.3 is 6.18 Å². The number of halogens is 6. The molecule has 188 valence electrons. The first kappa shape index (κ1) is 24.8. The lowest BCUT2D eigenvalue weighted by Crippen LogP contribution is -2.66. The van der Waals surface area contributed by atoms with E-state index in [0.29, 0.717) is 45.2 Å². The van der Waals surface area contributed by atoms with Gasteiger partial charge < -0.3 is 10.6 Å². The Labute approximate surface area is 193 Å². The van der Waals surface area contributed by atoms with Gasteiger partial charge in [0.25, 0.3) is 6.43 Å². The molecule has 0 atom stereocenters. The largest absolute Gasteiger partial charge is 0.411 e. The summed E-state index contributed by atoms with van der Waals surface area (Å²) in [5.41, 5.74) is -2.67. The number of nitrogens with one attached hydrogen (secondary N) is 2. The van der Waals surface area contributed by atoms with Crippen LogP contribution in [0.15, 0.2) is 18.2 Å². The monoisotopic (exact) mass is 491 g/mol. The number of rotatable bonds is 6. The van der Waals surface area contributed by atoms with Crippen molar-refractivity contribution >= 4 is 17.5 Å². The smallest absolute Gasteiger partial charge is 0.341 e. The number of alkyl halides is 5. The van der Waals surface area contributed by atoms with Gasteiger partial charge in [0.1, 0.15) is 11.4 Å². The topological polar surface area (TPSA) is 61.4 Å². The van der Waals surface area contributed by atoms with Crippen LogP contribution in [0.1, 0.15) is 56.9 Å². The van der Waals surface area contributed by atoms with Crippen LogP contribution in [0.4, 0.5) is 32.0 Å². The van der Waals surface area contributed by atoms with Crippen molar-refractivity contribution in [3.8, 4) is 0 Å². The van der Waals surface area contributed by atoms with E-state index in [4.69, 9.17) is 0 Å². The van der Waals surface area contributed by atoms with E-state index in [0.717, 1.165) is 18.2 Å². The molecule has 1 aliphatic heterocycles. The van der Waals surface area contributed by atoms with Crippen LogP contribution in [0.5, 0.6) is 0 Å². The maximum Gasteiger partial charge on any atom is 0.411 e. The Morgan fingerprint density at radius 3 is 2.24 bits per heavy atom. The van der Waals surface area contributed by atoms with Crippen LogP contribution in [0.3, 0.4) is 0 Å². The van der Waals surface area contributed by atoms with Crippen molar-refractivity contribution < 1.29 is 35.9 Å². The van der Waals surface area contributed by atoms with Crippen molar-refractivity contribution in [2.75, 3.05) is 25.0 Å². The second-order valence-electron chi connectivity index (χ2n) is 9.96. The molecule has 1 saturated heterocycles. The zero-order valence-electron chi connectivity index (χ0n) is 18.5. The number of nitrogens with zero attached hydrogens (tertiary/aromatic N) is 1. The van der Waals surface area contributed by atoms with E-state index in [9.17, 15) is 35.9 Å². The van der Waals surface area contributed by atoms with E-state index in [1.807, 2.05) is 4.90 Å². The number of carbonyl (C=O) groups excluding carboxylic acids is 2. The van der Waals surface area contributed by atoms with E-state index in [1.54, 1.807) is 0 Å². The molecule has 0 bridgehead atoms. The minimum atomic E-state index is -4.46. The summed E-state index contributed by atoms with van der Waals surface area (Å²) in [6.07, 6.45) is -4.51. The van der Waals surface area contributed by atoms with Crippen molar-refractivity contribution in [3.63, 3.8) is 0 Å². The molecule has 1 spiro atoms. The van der Waals surface area contributed by atoms with Gasteiger partial charge in [-0.1, -0.05) is 0 Å². The molecule has 11 heteroatoms. The van der Waals surface area contributed by atoms with E-state index in [1.165, 1.54) is 0 Å². The van der Waals surface area contributed by atoms with Gasteiger partial charge in [0.15, 0.2) is 0 Å². The summed E-state index contributed by atoms with van der Waals surface area (Å²) in [5, 5.41) is 4.71. The quantitative estimate of drug-likeness (QED) is 0.563. The maximum atomic E-state index is 13.6. The first-order chi connectivity index (χ1) is 15.9. The predicted octanol–water partition coefficient (Wildman–Crippen LogP) is 4.80. The average molecular weight is 491 g/mol. The molecule has 2 aliphatic carbocycles. The lowest BCUT2D eigenvalue weighted by atomic mass is 9.65. The summed E-state index contributed by atoms with van der Waals surface area (Å²) in [6.45, 7) is 1.07. The Balaban J connectivity index is 1.23. The van der Waals surface area contributed by atoms with Gasteiger partial charge in [-0.2, -0.15) is 13.2 Å². The number of benzene rings is 1. The molecule has 0 aromatic heterocycles. The van der Waals surface area contributed by atoms with E-state index in [-0.39, 0.29) is 42.3 Å². The molecule has 2 N–H and O–H groups in total. The maximum absolute atomic E-state index is 13.6. The predicted molar refractivity (Wildman–Crippen MR) is 112 cm³/mol. The van der Waals surface area contributed by atoms with E-state index in [2.05, 4.69) is 10.6 Å². The van der Waals surface area contributed by atoms with Crippen LogP contribution < -0.4 is 10.6 Å². The molecule has 1 aromatic carbocycles. The highest BCUT2D eigenvalue weighted by molar-refractivity contribution is 5.92. The molecule has 34 heavy (non-hydrogen) atoms. The Kier molecular flexibility index (Phi) is 6.61. The van der Waals surface area contributed by atoms with Gasteiger partial charge in [-0.05, 0) is 68.6 Å². The molecule has 3 fully saturated rings. The lowest BCUT2D eigenvalue weighted by Gasteiger charge is -2.53. The number of hydrogen-bond acceptors (Lipinski definition) is 3. The second-order valence-corrected chi connectivity index (χ2v) is 9.96. The molecule has 5 nitrogen and oxygen atoms in total. The summed E-state index contributed by atoms with van der Waals surface area (Å²) < 4.78 is 79.0. The lowest BCUT2D eigenvalue weighted by molar-refractivity contribution is -0.219. The standard InChI is InChI=1S/C23H27F6N3O2/c24-16-8-15(19(25)26)9-17(10-16)30-20(34)14-2-6-21(7-3-14)12-32(13-21)11-18(33)31-22(4-1-5-22)23(27,28)29/h8-10,14,19H,1-7,11-13H2,(H,30,34)(H,31,33). The van der Waals surface area contributed by atoms with Crippen molar-refractivity contribution in [1.82, 2.24) is 10.2 Å². The molecule has 0 radical (unpaired) electrons. The van der Waals surface area contributed by atoms with Crippen LogP contribution in [-0.2, 0) is 9.59 Å². The van der Waals surface area contributed by atoms with Gasteiger partial charge in [0.05, 0.1) is 6.54 Å². The molecule has 0 unspecified atom stereocenters. The Morgan fingerprint density at radius 1 is 1.06 bits per heavy atom. The normalized spacial score (nSPS) is 22.2. The highest BCUT2D eigenvalue weighted by Crippen LogP contribution is 2.47. The minimum absolute atomic E-state index is 0.00971. The van der Waals surface area contributed by atoms with Gasteiger partial charge in [-0.25, -0.2) is 13.2 Å². The van der Waals surface area contributed by atoms with E-state index < -0.39 is 35.4 Å². The first-order valence-electron chi connectivity index (χ1n) is 11.4. The molecule has 1 heterocycles. The summed E-state index contributed by atoms with van der Waals surface area (Å²) in [6, 6.07) is 2.77. The molecular weight excluding hydrogens is 464 g/mol. The Hall–Kier alpha value is -2.30. The molecule has 4 rings (SSSR count). The van der Waals surface area contributed by atoms with Gasteiger partial charge in [0, 0.05) is 30.3 Å². The molecule has 3 aliphatic rings. The summed E-state index contributed by atoms with van der Waals surface area (Å²) >= 11 is 0. The third kappa shape index (κ3) is 5.04. The molecule has 1 aromatic rings. The van der Waals surface area contributed by atoms with Gasteiger partial charge in [-0.15, -0.1) is 0 Å². The van der Waals surface area contributed by atoms with Crippen LogP contribution in [0, 0.1) is 17.2 Å². The molecule has 2 amide bonds. The highest BCUT2D eigenvalue weighted by Gasteiger charge is 2.59. The zero-order chi connectivity index (χ0) is 24.7. The van der Waals surface area contributed by atoms with Crippen molar-refractivity contribution in [2.24, 2.45) is 11.3 Å². The zero-order valence-corrected chi connectivity index (χ0v) is 18.5. The Morgan fingerprint density at radius 2 is 1.71 bits per heavy atom. The van der Waals surface area contributed by atoms with Crippen molar-refractivity contribution in [1.29, 1.82) is 0 Å². The summed E-state index contributed by atoms with van der Waals surface area (Å²) in [7, 11) is 0. The number of likely N-dealkylation sites (tertiary alicyclic amines) is 1.